The van der Waals surface area contributed by atoms with Gasteiger partial charge in [-0.2, -0.15) is 0 Å². The average Bonchev–Trinajstić information content (AvgIpc) is 3.45. The maximum absolute atomic E-state index is 13.2. The van der Waals surface area contributed by atoms with Gasteiger partial charge in [-0.1, -0.05) is 65.4 Å². The van der Waals surface area contributed by atoms with Gasteiger partial charge in [0.15, 0.2) is 16.9 Å². The van der Waals surface area contributed by atoms with Crippen molar-refractivity contribution in [2.75, 3.05) is 12.4 Å². The summed E-state index contributed by atoms with van der Waals surface area (Å²) in [4.78, 5) is 30.3. The third kappa shape index (κ3) is 4.44. The lowest BCUT2D eigenvalue weighted by atomic mass is 10.1. The van der Waals surface area contributed by atoms with Crippen LogP contribution in [0.1, 0.15) is 22.1 Å². The number of rotatable bonds is 6. The lowest BCUT2D eigenvalue weighted by Crippen LogP contribution is -2.27. The van der Waals surface area contributed by atoms with E-state index in [9.17, 15) is 9.59 Å². The highest BCUT2D eigenvalue weighted by Gasteiger charge is 2.27. The van der Waals surface area contributed by atoms with Crippen LogP contribution in [0, 0.1) is 0 Å². The molecule has 0 bridgehead atoms. The Kier molecular flexibility index (Phi) is 6.01. The smallest absolute Gasteiger partial charge is 0.358 e. The number of anilines is 1. The second-order valence-corrected chi connectivity index (χ2v) is 7.72. The van der Waals surface area contributed by atoms with E-state index in [4.69, 9.17) is 16.3 Å². The Morgan fingerprint density at radius 2 is 1.87 bits per heavy atom. The first-order chi connectivity index (χ1) is 15.1. The first-order valence-corrected chi connectivity index (χ1v) is 10.2. The van der Waals surface area contributed by atoms with E-state index in [-0.39, 0.29) is 10.8 Å². The summed E-state index contributed by atoms with van der Waals surface area (Å²) < 4.78 is 6.20. The van der Waals surface area contributed by atoms with Crippen molar-refractivity contribution in [1.82, 2.24) is 25.2 Å². The van der Waals surface area contributed by atoms with Crippen molar-refractivity contribution in [2.24, 2.45) is 0 Å². The zero-order valence-corrected chi connectivity index (χ0v) is 17.7. The van der Waals surface area contributed by atoms with Crippen LogP contribution >= 0.6 is 22.9 Å². The summed E-state index contributed by atoms with van der Waals surface area (Å²) >= 11 is 7.12. The molecular formula is C20H15ClN6O3S. The zero-order valence-electron chi connectivity index (χ0n) is 16.1. The molecule has 1 atom stereocenters. The predicted octanol–water partition coefficient (Wildman–Crippen LogP) is 3.46. The van der Waals surface area contributed by atoms with Crippen LogP contribution < -0.4 is 5.32 Å². The normalized spacial score (nSPS) is 11.7. The van der Waals surface area contributed by atoms with Gasteiger partial charge in [-0.25, -0.2) is 14.5 Å². The number of hydrogen-bond donors (Lipinski definition) is 1. The quantitative estimate of drug-likeness (QED) is 0.444. The first-order valence-electron chi connectivity index (χ1n) is 9.00. The SMILES string of the molecule is COC(=O)c1nc(NC(=O)[C@@H](c2ccccc2)n2cnnn2)sc1-c1ccc(Cl)cc1. The van der Waals surface area contributed by atoms with Crippen molar-refractivity contribution < 1.29 is 14.3 Å². The van der Waals surface area contributed by atoms with Gasteiger partial charge < -0.3 is 4.74 Å². The third-order valence-corrected chi connectivity index (χ3v) is 5.61. The molecule has 0 unspecified atom stereocenters. The van der Waals surface area contributed by atoms with Crippen LogP contribution in [0.25, 0.3) is 10.4 Å². The van der Waals surface area contributed by atoms with Crippen molar-refractivity contribution in [1.29, 1.82) is 0 Å². The largest absolute Gasteiger partial charge is 0.464 e. The number of benzene rings is 2. The summed E-state index contributed by atoms with van der Waals surface area (Å²) in [5.41, 5.74) is 1.52. The van der Waals surface area contributed by atoms with Gasteiger partial charge in [-0.05, 0) is 33.7 Å². The van der Waals surface area contributed by atoms with Crippen molar-refractivity contribution >= 4 is 39.9 Å². The van der Waals surface area contributed by atoms with Crippen LogP contribution in [0.5, 0.6) is 0 Å². The Bertz CT molecular complexity index is 1200. The molecule has 0 saturated carbocycles. The minimum atomic E-state index is -0.819. The Morgan fingerprint density at radius 1 is 1.13 bits per heavy atom. The molecule has 0 aliphatic carbocycles. The molecule has 4 rings (SSSR count). The second kappa shape index (κ2) is 9.02. The lowest BCUT2D eigenvalue weighted by molar-refractivity contribution is -0.118. The summed E-state index contributed by atoms with van der Waals surface area (Å²) in [6.45, 7) is 0. The molecule has 0 fully saturated rings. The van der Waals surface area contributed by atoms with Gasteiger partial charge in [-0.3, -0.25) is 10.1 Å². The molecule has 0 spiro atoms. The van der Waals surface area contributed by atoms with Crippen LogP contribution in [0.3, 0.4) is 0 Å². The molecule has 1 amide bonds. The monoisotopic (exact) mass is 454 g/mol. The van der Waals surface area contributed by atoms with Gasteiger partial charge in [-0.15, -0.1) is 5.10 Å². The Balaban J connectivity index is 1.68. The number of ether oxygens (including phenoxy) is 1. The fourth-order valence-electron chi connectivity index (χ4n) is 2.93. The molecule has 11 heteroatoms. The van der Waals surface area contributed by atoms with Crippen LogP contribution in [0.2, 0.25) is 5.02 Å². The highest BCUT2D eigenvalue weighted by Crippen LogP contribution is 2.34. The Hall–Kier alpha value is -3.63. The summed E-state index contributed by atoms with van der Waals surface area (Å²) in [6.07, 6.45) is 1.36. The van der Waals surface area contributed by atoms with Crippen molar-refractivity contribution in [3.8, 4) is 10.4 Å². The molecule has 2 heterocycles. The number of thiazole rings is 1. The van der Waals surface area contributed by atoms with Crippen molar-refractivity contribution in [3.63, 3.8) is 0 Å². The highest BCUT2D eigenvalue weighted by atomic mass is 35.5. The third-order valence-electron chi connectivity index (χ3n) is 4.34. The van der Waals surface area contributed by atoms with E-state index in [1.807, 2.05) is 18.2 Å². The van der Waals surface area contributed by atoms with Crippen molar-refractivity contribution in [2.45, 2.75) is 6.04 Å². The van der Waals surface area contributed by atoms with Gasteiger partial charge in [0.05, 0.1) is 12.0 Å². The van der Waals surface area contributed by atoms with E-state index in [1.165, 1.54) is 18.1 Å². The highest BCUT2D eigenvalue weighted by molar-refractivity contribution is 7.19. The van der Waals surface area contributed by atoms with Gasteiger partial charge in [0, 0.05) is 5.02 Å². The molecule has 1 N–H and O–H groups in total. The number of nitrogens with zero attached hydrogens (tertiary/aromatic N) is 5. The number of halogens is 1. The Labute approximate surface area is 185 Å². The molecule has 0 aliphatic rings. The van der Waals surface area contributed by atoms with Gasteiger partial charge in [0.2, 0.25) is 0 Å². The van der Waals surface area contributed by atoms with Gasteiger partial charge in [0.25, 0.3) is 5.91 Å². The summed E-state index contributed by atoms with van der Waals surface area (Å²) in [5, 5.41) is 14.7. The molecule has 0 radical (unpaired) electrons. The van der Waals surface area contributed by atoms with E-state index in [2.05, 4.69) is 25.8 Å². The molecule has 2 aromatic heterocycles. The minimum absolute atomic E-state index is 0.101. The number of hydrogen-bond acceptors (Lipinski definition) is 8. The second-order valence-electron chi connectivity index (χ2n) is 6.29. The summed E-state index contributed by atoms with van der Waals surface area (Å²) in [6, 6.07) is 15.2. The molecule has 156 valence electrons. The van der Waals surface area contributed by atoms with Crippen LogP contribution in [-0.4, -0.2) is 44.2 Å². The minimum Gasteiger partial charge on any atom is -0.464 e. The van der Waals surface area contributed by atoms with Crippen LogP contribution in [-0.2, 0) is 9.53 Å². The van der Waals surface area contributed by atoms with E-state index in [0.29, 0.717) is 15.5 Å². The number of esters is 1. The number of methoxy groups -OCH3 is 1. The number of nitrogens with one attached hydrogen (secondary N) is 1. The number of carbonyl (C=O) groups excluding carboxylic acids is 2. The number of carbonyl (C=O) groups is 2. The molecule has 9 nitrogen and oxygen atoms in total. The first kappa shape index (κ1) is 20.6. The summed E-state index contributed by atoms with van der Waals surface area (Å²) in [7, 11) is 1.27. The fourth-order valence-corrected chi connectivity index (χ4v) is 4.01. The maximum atomic E-state index is 13.2. The molecular weight excluding hydrogens is 440 g/mol. The molecule has 4 aromatic rings. The standard InChI is InChI=1S/C20H15ClN6O3S/c1-30-19(29)15-17(13-7-9-14(21)10-8-13)31-20(23-15)24-18(28)16(27-11-22-25-26-27)12-5-3-2-4-6-12/h2-11,16H,1H3,(H,23,24,28)/t16-/m1/s1. The van der Waals surface area contributed by atoms with E-state index < -0.39 is 17.9 Å². The van der Waals surface area contributed by atoms with Crippen molar-refractivity contribution in [3.05, 3.63) is 77.2 Å². The lowest BCUT2D eigenvalue weighted by Gasteiger charge is -2.15. The topological polar surface area (TPSA) is 112 Å². The van der Waals surface area contributed by atoms with E-state index in [0.717, 1.165) is 16.9 Å². The van der Waals surface area contributed by atoms with Crippen LogP contribution in [0.15, 0.2) is 60.9 Å². The fraction of sp³-hybridized carbons (Fsp3) is 0.100. The zero-order chi connectivity index (χ0) is 21.8. The molecule has 0 aliphatic heterocycles. The van der Waals surface area contributed by atoms with Gasteiger partial charge in [0.1, 0.15) is 6.33 Å². The number of aromatic nitrogens is 5. The van der Waals surface area contributed by atoms with E-state index >= 15 is 0 Å². The number of tetrazole rings is 1. The summed E-state index contributed by atoms with van der Waals surface area (Å²) in [5.74, 6) is -1.02. The Morgan fingerprint density at radius 3 is 2.52 bits per heavy atom. The van der Waals surface area contributed by atoms with Gasteiger partial charge >= 0.3 is 5.97 Å². The van der Waals surface area contributed by atoms with E-state index in [1.54, 1.807) is 36.4 Å². The predicted molar refractivity (Wildman–Crippen MR) is 115 cm³/mol. The molecule has 2 aromatic carbocycles. The maximum Gasteiger partial charge on any atom is 0.358 e. The number of amides is 1. The molecule has 31 heavy (non-hydrogen) atoms. The van der Waals surface area contributed by atoms with Crippen LogP contribution in [0.4, 0.5) is 5.13 Å². The molecule has 0 saturated heterocycles. The average molecular weight is 455 g/mol.